The predicted molar refractivity (Wildman–Crippen MR) is 84.9 cm³/mol. The Kier molecular flexibility index (Phi) is 3.22. The number of anilines is 1. The first kappa shape index (κ1) is 13.5. The smallest absolute Gasteiger partial charge is 0.225 e. The van der Waals surface area contributed by atoms with Gasteiger partial charge in [-0.3, -0.25) is 4.79 Å². The molecule has 2 atom stereocenters. The summed E-state index contributed by atoms with van der Waals surface area (Å²) in [6.07, 6.45) is 2.40. The van der Waals surface area contributed by atoms with Crippen molar-refractivity contribution in [3.05, 3.63) is 36.5 Å². The molecule has 0 saturated carbocycles. The topological polar surface area (TPSA) is 45.7 Å². The van der Waals surface area contributed by atoms with Crippen molar-refractivity contribution in [2.75, 3.05) is 31.6 Å². The van der Waals surface area contributed by atoms with E-state index >= 15 is 0 Å². The van der Waals surface area contributed by atoms with Crippen molar-refractivity contribution in [3.63, 3.8) is 0 Å². The molecule has 2 saturated heterocycles. The molecule has 0 N–H and O–H groups in total. The third-order valence-corrected chi connectivity index (χ3v) is 4.73. The fourth-order valence-corrected chi connectivity index (χ4v) is 3.48. The maximum atomic E-state index is 12.0. The van der Waals surface area contributed by atoms with Crippen LogP contribution in [-0.2, 0) is 9.53 Å². The summed E-state index contributed by atoms with van der Waals surface area (Å²) in [6.45, 7) is 2.07. The van der Waals surface area contributed by atoms with Gasteiger partial charge in [-0.05, 0) is 11.5 Å². The molecular weight excluding hydrogens is 278 g/mol. The number of hydrogen-bond donors (Lipinski definition) is 0. The van der Waals surface area contributed by atoms with Crippen LogP contribution in [0.2, 0.25) is 0 Å². The van der Waals surface area contributed by atoms with Crippen molar-refractivity contribution < 1.29 is 9.53 Å². The molecule has 1 amide bonds. The first-order chi connectivity index (χ1) is 10.7. The monoisotopic (exact) mass is 297 g/mol. The number of aromatic nitrogens is 1. The van der Waals surface area contributed by atoms with Gasteiger partial charge < -0.3 is 14.5 Å². The minimum absolute atomic E-state index is 0.0669. The first-order valence-electron chi connectivity index (χ1n) is 7.70. The molecule has 3 heterocycles. The van der Waals surface area contributed by atoms with Crippen molar-refractivity contribution in [1.82, 2.24) is 9.88 Å². The quantitative estimate of drug-likeness (QED) is 0.803. The van der Waals surface area contributed by atoms with Gasteiger partial charge in [0.25, 0.3) is 0 Å². The minimum atomic E-state index is 0.0669. The lowest BCUT2D eigenvalue weighted by molar-refractivity contribution is -0.130. The number of nitrogens with zero attached hydrogens (tertiary/aromatic N) is 3. The second-order valence-corrected chi connectivity index (χ2v) is 5.99. The summed E-state index contributed by atoms with van der Waals surface area (Å²) >= 11 is 0. The van der Waals surface area contributed by atoms with Gasteiger partial charge in [0, 0.05) is 31.7 Å². The maximum absolute atomic E-state index is 12.0. The largest absolute Gasteiger partial charge is 0.374 e. The van der Waals surface area contributed by atoms with Gasteiger partial charge in [0.15, 0.2) is 0 Å². The number of ether oxygens (including phenoxy) is 1. The molecule has 1 aromatic carbocycles. The summed E-state index contributed by atoms with van der Waals surface area (Å²) in [6, 6.07) is 10.4. The zero-order valence-corrected chi connectivity index (χ0v) is 12.6. The molecule has 1 aromatic heterocycles. The molecule has 5 nitrogen and oxygen atoms in total. The average Bonchev–Trinajstić information content (AvgIpc) is 2.92. The number of carbonyl (C=O) groups excluding carboxylic acids is 1. The lowest BCUT2D eigenvalue weighted by atomic mass is 10.1. The second-order valence-electron chi connectivity index (χ2n) is 5.99. The lowest BCUT2D eigenvalue weighted by Gasteiger charge is -2.25. The molecule has 0 radical (unpaired) electrons. The lowest BCUT2D eigenvalue weighted by Crippen LogP contribution is -2.42. The summed E-state index contributed by atoms with van der Waals surface area (Å²) in [5.74, 6) is 1.15. The average molecular weight is 297 g/mol. The Balaban J connectivity index is 1.68. The number of fused-ring (bicyclic) bond motifs is 2. The highest BCUT2D eigenvalue weighted by Crippen LogP contribution is 2.30. The third-order valence-electron chi connectivity index (χ3n) is 4.73. The van der Waals surface area contributed by atoms with Crippen LogP contribution >= 0.6 is 0 Å². The molecule has 2 fully saturated rings. The first-order valence-corrected chi connectivity index (χ1v) is 7.70. The Morgan fingerprint density at radius 3 is 3.00 bits per heavy atom. The van der Waals surface area contributed by atoms with E-state index in [1.54, 1.807) is 0 Å². The molecular formula is C17H19N3O2. The van der Waals surface area contributed by atoms with Crippen molar-refractivity contribution in [2.24, 2.45) is 0 Å². The van der Waals surface area contributed by atoms with Crippen LogP contribution in [0.4, 0.5) is 5.82 Å². The third kappa shape index (κ3) is 2.13. The zero-order chi connectivity index (χ0) is 15.1. The number of likely N-dealkylation sites (N-methyl/N-ethyl adjacent to an activating group) is 1. The van der Waals surface area contributed by atoms with Crippen molar-refractivity contribution in [3.8, 4) is 0 Å². The van der Waals surface area contributed by atoms with Crippen LogP contribution in [-0.4, -0.2) is 54.7 Å². The highest BCUT2D eigenvalue weighted by Gasteiger charge is 2.40. The van der Waals surface area contributed by atoms with E-state index in [4.69, 9.17) is 4.74 Å². The van der Waals surface area contributed by atoms with Crippen LogP contribution in [0.1, 0.15) is 6.42 Å². The van der Waals surface area contributed by atoms with Gasteiger partial charge in [0.2, 0.25) is 5.91 Å². The van der Waals surface area contributed by atoms with Gasteiger partial charge in [-0.1, -0.05) is 24.3 Å². The van der Waals surface area contributed by atoms with Gasteiger partial charge in [0.1, 0.15) is 5.82 Å². The summed E-state index contributed by atoms with van der Waals surface area (Å²) in [4.78, 5) is 20.7. The predicted octanol–water partition coefficient (Wildman–Crippen LogP) is 1.67. The number of carbonyl (C=O) groups is 1. The van der Waals surface area contributed by atoms with Crippen LogP contribution in [0.25, 0.3) is 10.8 Å². The van der Waals surface area contributed by atoms with Crippen LogP contribution in [0.3, 0.4) is 0 Å². The van der Waals surface area contributed by atoms with Gasteiger partial charge in [-0.15, -0.1) is 0 Å². The van der Waals surface area contributed by atoms with Crippen molar-refractivity contribution in [1.29, 1.82) is 0 Å². The van der Waals surface area contributed by atoms with E-state index in [0.717, 1.165) is 24.3 Å². The fourth-order valence-electron chi connectivity index (χ4n) is 3.48. The molecule has 0 bridgehead atoms. The van der Waals surface area contributed by atoms with E-state index in [9.17, 15) is 4.79 Å². The van der Waals surface area contributed by atoms with E-state index in [0.29, 0.717) is 13.0 Å². The molecule has 2 aliphatic heterocycles. The van der Waals surface area contributed by atoms with Crippen molar-refractivity contribution >= 4 is 22.5 Å². The molecule has 0 unspecified atom stereocenters. The maximum Gasteiger partial charge on any atom is 0.225 e. The number of pyridine rings is 1. The Hall–Kier alpha value is -2.14. The van der Waals surface area contributed by atoms with Crippen LogP contribution < -0.4 is 4.90 Å². The zero-order valence-electron chi connectivity index (χ0n) is 12.6. The molecule has 2 aliphatic rings. The van der Waals surface area contributed by atoms with E-state index in [1.165, 1.54) is 5.39 Å². The van der Waals surface area contributed by atoms with Gasteiger partial charge in [-0.2, -0.15) is 0 Å². The SMILES string of the molecule is CN1C(=O)CCO[C@H]2CN(c3nccc4ccccc34)C[C@@H]21. The number of hydrogen-bond acceptors (Lipinski definition) is 4. The van der Waals surface area contributed by atoms with E-state index in [-0.39, 0.29) is 18.1 Å². The molecule has 22 heavy (non-hydrogen) atoms. The van der Waals surface area contributed by atoms with Gasteiger partial charge in [0.05, 0.1) is 25.2 Å². The molecule has 4 rings (SSSR count). The van der Waals surface area contributed by atoms with E-state index in [2.05, 4.69) is 22.0 Å². The minimum Gasteiger partial charge on any atom is -0.374 e. The van der Waals surface area contributed by atoms with Crippen LogP contribution in [0.5, 0.6) is 0 Å². The molecule has 2 aromatic rings. The Labute approximate surface area is 129 Å². The van der Waals surface area contributed by atoms with E-state index in [1.807, 2.05) is 36.3 Å². The molecule has 0 aliphatic carbocycles. The van der Waals surface area contributed by atoms with Gasteiger partial charge in [-0.25, -0.2) is 4.98 Å². The molecule has 5 heteroatoms. The second kappa shape index (κ2) is 5.25. The highest BCUT2D eigenvalue weighted by molar-refractivity contribution is 5.92. The van der Waals surface area contributed by atoms with E-state index < -0.39 is 0 Å². The number of rotatable bonds is 1. The van der Waals surface area contributed by atoms with Crippen molar-refractivity contribution in [2.45, 2.75) is 18.6 Å². The Morgan fingerprint density at radius 1 is 1.23 bits per heavy atom. The summed E-state index contributed by atoms with van der Waals surface area (Å²) in [5.41, 5.74) is 0. The molecule has 114 valence electrons. The van der Waals surface area contributed by atoms with Crippen LogP contribution in [0.15, 0.2) is 36.5 Å². The summed E-state index contributed by atoms with van der Waals surface area (Å²) in [7, 11) is 1.88. The Morgan fingerprint density at radius 2 is 2.09 bits per heavy atom. The summed E-state index contributed by atoms with van der Waals surface area (Å²) in [5, 5.41) is 2.33. The van der Waals surface area contributed by atoms with Gasteiger partial charge >= 0.3 is 0 Å². The summed E-state index contributed by atoms with van der Waals surface area (Å²) < 4.78 is 5.90. The fraction of sp³-hybridized carbons (Fsp3) is 0.412. The number of amides is 1. The normalized spacial score (nSPS) is 25.4. The number of benzene rings is 1. The standard InChI is InChI=1S/C17H19N3O2/c1-19-14-10-20(11-15(14)22-9-7-16(19)21)17-13-5-3-2-4-12(13)6-8-18-17/h2-6,8,14-15H,7,9-11H2,1H3/t14-,15-/m0/s1. The Bertz CT molecular complexity index is 713. The van der Waals surface area contributed by atoms with Crippen LogP contribution in [0, 0.1) is 0 Å². The highest BCUT2D eigenvalue weighted by atomic mass is 16.5. The molecule has 0 spiro atoms.